The largest absolute Gasteiger partial charge is 0.473 e. The third kappa shape index (κ3) is 8.44. The van der Waals surface area contributed by atoms with Crippen molar-refractivity contribution in [3.8, 4) is 5.88 Å². The second kappa shape index (κ2) is 15.6. The fourth-order valence-electron chi connectivity index (χ4n) is 5.56. The lowest BCUT2D eigenvalue weighted by atomic mass is 10.00. The summed E-state index contributed by atoms with van der Waals surface area (Å²) in [5.74, 6) is 0.569. The first-order chi connectivity index (χ1) is 22.2. The van der Waals surface area contributed by atoms with Gasteiger partial charge in [-0.15, -0.1) is 0 Å². The zero-order chi connectivity index (χ0) is 30.7. The third-order valence-corrected chi connectivity index (χ3v) is 7.91. The number of hydrogen-bond acceptors (Lipinski definition) is 6. The number of aryl methyl sites for hydroxylation is 1. The number of rotatable bonds is 14. The standard InChI is InChI=1S/C39H39NO5/c1-29-34(22-23-36(40-29)42-25-31-16-8-3-9-17-31)37-39(44-27-33-20-12-5-13-21-33)38(43-26-32-18-10-4-11-19-32)35(45-37)28-41-24-30-14-6-2-7-15-30/h2-23,35,37-39H,24-28H2,1H3/t35-,37?,38?,39?/m1/s1. The van der Waals surface area contributed by atoms with Gasteiger partial charge in [-0.25, -0.2) is 4.98 Å². The molecule has 4 atom stereocenters. The van der Waals surface area contributed by atoms with E-state index in [0.29, 0.717) is 38.9 Å². The van der Waals surface area contributed by atoms with Crippen LogP contribution >= 0.6 is 0 Å². The van der Waals surface area contributed by atoms with E-state index in [1.54, 1.807) is 0 Å². The van der Waals surface area contributed by atoms with Crippen LogP contribution in [0.1, 0.15) is 39.6 Å². The predicted molar refractivity (Wildman–Crippen MR) is 173 cm³/mol. The van der Waals surface area contributed by atoms with E-state index in [2.05, 4.69) is 36.4 Å². The molecular formula is C39H39NO5. The predicted octanol–water partition coefficient (Wildman–Crippen LogP) is 7.80. The lowest BCUT2D eigenvalue weighted by Gasteiger charge is -2.26. The normalized spacial score (nSPS) is 19.4. The molecule has 2 heterocycles. The highest BCUT2D eigenvalue weighted by Crippen LogP contribution is 2.40. The van der Waals surface area contributed by atoms with Crippen LogP contribution in [-0.2, 0) is 45.4 Å². The summed E-state index contributed by atoms with van der Waals surface area (Å²) in [6.45, 7) is 4.15. The van der Waals surface area contributed by atoms with Crippen molar-refractivity contribution < 1.29 is 23.7 Å². The van der Waals surface area contributed by atoms with Gasteiger partial charge in [0.05, 0.1) is 26.4 Å². The molecule has 1 saturated heterocycles. The maximum absolute atomic E-state index is 6.78. The number of aromatic nitrogens is 1. The van der Waals surface area contributed by atoms with E-state index >= 15 is 0 Å². The van der Waals surface area contributed by atoms with Crippen LogP contribution in [0.2, 0.25) is 0 Å². The van der Waals surface area contributed by atoms with E-state index in [1.807, 2.05) is 104 Å². The number of nitrogens with zero attached hydrogens (tertiary/aromatic N) is 1. The maximum Gasteiger partial charge on any atom is 0.213 e. The summed E-state index contributed by atoms with van der Waals surface area (Å²) in [7, 11) is 0. The number of ether oxygens (including phenoxy) is 5. The minimum atomic E-state index is -0.407. The summed E-state index contributed by atoms with van der Waals surface area (Å²) in [6, 6.07) is 44.5. The van der Waals surface area contributed by atoms with Gasteiger partial charge in [0.1, 0.15) is 31.0 Å². The summed E-state index contributed by atoms with van der Waals surface area (Å²) in [5, 5.41) is 0. The Morgan fingerprint density at radius 1 is 0.556 bits per heavy atom. The van der Waals surface area contributed by atoms with Gasteiger partial charge in [-0.3, -0.25) is 0 Å². The fraction of sp³-hybridized carbons (Fsp3) is 0.256. The molecule has 230 valence electrons. The van der Waals surface area contributed by atoms with E-state index in [0.717, 1.165) is 33.5 Å². The average Bonchev–Trinajstić information content (AvgIpc) is 3.43. The monoisotopic (exact) mass is 601 g/mol. The van der Waals surface area contributed by atoms with Crippen molar-refractivity contribution >= 4 is 0 Å². The topological polar surface area (TPSA) is 59.0 Å². The highest BCUT2D eigenvalue weighted by molar-refractivity contribution is 5.30. The highest BCUT2D eigenvalue weighted by Gasteiger charge is 2.47. The molecule has 0 aliphatic carbocycles. The summed E-state index contributed by atoms with van der Waals surface area (Å²) >= 11 is 0. The van der Waals surface area contributed by atoms with E-state index in [-0.39, 0.29) is 12.2 Å². The van der Waals surface area contributed by atoms with Crippen molar-refractivity contribution in [3.63, 3.8) is 0 Å². The Balaban J connectivity index is 1.24. The minimum Gasteiger partial charge on any atom is -0.473 e. The summed E-state index contributed by atoms with van der Waals surface area (Å²) < 4.78 is 32.3. The van der Waals surface area contributed by atoms with Gasteiger partial charge in [0, 0.05) is 17.3 Å². The van der Waals surface area contributed by atoms with Gasteiger partial charge in [0.15, 0.2) is 0 Å². The second-order valence-corrected chi connectivity index (χ2v) is 11.2. The van der Waals surface area contributed by atoms with Crippen LogP contribution in [0.15, 0.2) is 133 Å². The number of benzene rings is 4. The van der Waals surface area contributed by atoms with E-state index < -0.39 is 12.2 Å². The molecule has 0 N–H and O–H groups in total. The Labute approximate surface area is 265 Å². The quantitative estimate of drug-likeness (QED) is 0.129. The molecule has 1 aliphatic rings. The molecule has 0 amide bonds. The molecule has 0 spiro atoms. The Hall–Kier alpha value is -4.33. The van der Waals surface area contributed by atoms with Crippen molar-refractivity contribution in [3.05, 3.63) is 167 Å². The first-order valence-corrected chi connectivity index (χ1v) is 15.5. The zero-order valence-electron chi connectivity index (χ0n) is 25.5. The van der Waals surface area contributed by atoms with Crippen molar-refractivity contribution in [2.75, 3.05) is 6.61 Å². The first kappa shape index (κ1) is 30.7. The van der Waals surface area contributed by atoms with Crippen LogP contribution in [0.3, 0.4) is 0 Å². The minimum absolute atomic E-state index is 0.350. The van der Waals surface area contributed by atoms with Crippen LogP contribution in [0, 0.1) is 6.92 Å². The van der Waals surface area contributed by atoms with E-state index in [4.69, 9.17) is 28.7 Å². The van der Waals surface area contributed by atoms with Crippen LogP contribution in [0.5, 0.6) is 5.88 Å². The molecule has 1 aromatic heterocycles. The first-order valence-electron chi connectivity index (χ1n) is 15.5. The van der Waals surface area contributed by atoms with Crippen LogP contribution in [0.4, 0.5) is 0 Å². The van der Waals surface area contributed by atoms with Crippen molar-refractivity contribution in [1.82, 2.24) is 4.98 Å². The molecule has 5 aromatic rings. The second-order valence-electron chi connectivity index (χ2n) is 11.2. The highest BCUT2D eigenvalue weighted by atomic mass is 16.6. The summed E-state index contributed by atoms with van der Waals surface area (Å²) in [5.41, 5.74) is 6.14. The molecule has 1 fully saturated rings. The zero-order valence-corrected chi connectivity index (χ0v) is 25.5. The van der Waals surface area contributed by atoms with E-state index in [9.17, 15) is 0 Å². The Morgan fingerprint density at radius 3 is 1.58 bits per heavy atom. The van der Waals surface area contributed by atoms with Crippen LogP contribution < -0.4 is 4.74 Å². The molecule has 3 unspecified atom stereocenters. The number of pyridine rings is 1. The van der Waals surface area contributed by atoms with E-state index in [1.165, 1.54) is 0 Å². The number of hydrogen-bond donors (Lipinski definition) is 0. The van der Waals surface area contributed by atoms with Gasteiger partial charge < -0.3 is 23.7 Å². The molecule has 0 saturated carbocycles. The van der Waals surface area contributed by atoms with Crippen molar-refractivity contribution in [1.29, 1.82) is 0 Å². The van der Waals surface area contributed by atoms with Crippen LogP contribution in [-0.4, -0.2) is 29.9 Å². The Kier molecular flexibility index (Phi) is 10.6. The van der Waals surface area contributed by atoms with Gasteiger partial charge in [0.2, 0.25) is 5.88 Å². The molecule has 6 nitrogen and oxygen atoms in total. The maximum atomic E-state index is 6.78. The van der Waals surface area contributed by atoms with Crippen LogP contribution in [0.25, 0.3) is 0 Å². The molecule has 45 heavy (non-hydrogen) atoms. The van der Waals surface area contributed by atoms with Gasteiger partial charge in [-0.1, -0.05) is 121 Å². The molecule has 1 aliphatic heterocycles. The molecule has 0 bridgehead atoms. The van der Waals surface area contributed by atoms with Gasteiger partial charge >= 0.3 is 0 Å². The SMILES string of the molecule is Cc1nc(OCc2ccccc2)ccc1C1O[C@H](COCc2ccccc2)C(OCc2ccccc2)C1OCc1ccccc1. The molecular weight excluding hydrogens is 562 g/mol. The summed E-state index contributed by atoms with van der Waals surface area (Å²) in [4.78, 5) is 4.80. The van der Waals surface area contributed by atoms with Gasteiger partial charge in [0.25, 0.3) is 0 Å². The molecule has 6 rings (SSSR count). The lowest BCUT2D eigenvalue weighted by Crippen LogP contribution is -2.38. The van der Waals surface area contributed by atoms with Crippen molar-refractivity contribution in [2.24, 2.45) is 0 Å². The lowest BCUT2D eigenvalue weighted by molar-refractivity contribution is -0.0898. The smallest absolute Gasteiger partial charge is 0.213 e. The van der Waals surface area contributed by atoms with Crippen molar-refractivity contribution in [2.45, 2.75) is 57.8 Å². The summed E-state index contributed by atoms with van der Waals surface area (Å²) in [6.07, 6.45) is -1.52. The fourth-order valence-corrected chi connectivity index (χ4v) is 5.56. The van der Waals surface area contributed by atoms with Gasteiger partial charge in [-0.2, -0.15) is 0 Å². The molecule has 6 heteroatoms. The Morgan fingerprint density at radius 2 is 1.04 bits per heavy atom. The average molecular weight is 602 g/mol. The van der Waals surface area contributed by atoms with Gasteiger partial charge in [-0.05, 0) is 35.2 Å². The Bertz CT molecular complexity index is 1580. The molecule has 4 aromatic carbocycles. The molecule has 0 radical (unpaired) electrons. The third-order valence-electron chi connectivity index (χ3n) is 7.91.